The summed E-state index contributed by atoms with van der Waals surface area (Å²) in [6.07, 6.45) is 1.43. The molecule has 1 amide bonds. The van der Waals surface area contributed by atoms with Crippen LogP contribution in [0.4, 0.5) is 14.6 Å². The zero-order valence-electron chi connectivity index (χ0n) is 10.2. The number of aliphatic hydroxyl groups is 1. The van der Waals surface area contributed by atoms with Crippen LogP contribution in [0.1, 0.15) is 10.4 Å². The molecule has 0 atom stereocenters. The van der Waals surface area contributed by atoms with Crippen LogP contribution in [0.5, 0.6) is 0 Å². The molecule has 0 radical (unpaired) electrons. The Morgan fingerprint density at radius 3 is 2.78 bits per heavy atom. The van der Waals surface area contributed by atoms with Gasteiger partial charge in [-0.25, -0.2) is 13.8 Å². The third-order valence-electron chi connectivity index (χ3n) is 2.20. The van der Waals surface area contributed by atoms with Crippen LogP contribution in [0.25, 0.3) is 0 Å². The number of amides is 1. The van der Waals surface area contributed by atoms with E-state index in [9.17, 15) is 13.6 Å². The molecule has 7 heteroatoms. The molecule has 0 spiro atoms. The number of rotatable bonds is 5. The van der Waals surface area contributed by atoms with E-state index in [1.54, 1.807) is 19.0 Å². The van der Waals surface area contributed by atoms with Gasteiger partial charge in [0.25, 0.3) is 11.8 Å². The van der Waals surface area contributed by atoms with E-state index in [0.29, 0.717) is 5.82 Å². The minimum atomic E-state index is -3.31. The molecule has 0 aromatic carbocycles. The lowest BCUT2D eigenvalue weighted by Gasteiger charge is -2.15. The van der Waals surface area contributed by atoms with Crippen molar-refractivity contribution in [1.29, 1.82) is 0 Å². The first-order valence-corrected chi connectivity index (χ1v) is 5.26. The van der Waals surface area contributed by atoms with Crippen molar-refractivity contribution in [1.82, 2.24) is 10.3 Å². The lowest BCUT2D eigenvalue weighted by atomic mass is 10.2. The standard InChI is InChI=1S/C11H15F2N3O2/c1-16(2)9-5-8(3-4-14-9)10(18)15-6-11(12,13)7-17/h3-5,17H,6-7H2,1-2H3,(H,15,18). The highest BCUT2D eigenvalue weighted by Crippen LogP contribution is 2.12. The first-order valence-electron chi connectivity index (χ1n) is 5.26. The van der Waals surface area contributed by atoms with Crippen LogP contribution in [0.3, 0.4) is 0 Å². The number of halogens is 2. The van der Waals surface area contributed by atoms with Crippen molar-refractivity contribution in [3.8, 4) is 0 Å². The molecule has 0 aliphatic carbocycles. The molecular formula is C11H15F2N3O2. The largest absolute Gasteiger partial charge is 0.390 e. The number of pyridine rings is 1. The van der Waals surface area contributed by atoms with Gasteiger partial charge in [0.15, 0.2) is 0 Å². The third-order valence-corrected chi connectivity index (χ3v) is 2.20. The molecule has 0 fully saturated rings. The summed E-state index contributed by atoms with van der Waals surface area (Å²) >= 11 is 0. The number of alkyl halides is 2. The van der Waals surface area contributed by atoms with Crippen molar-refractivity contribution in [2.24, 2.45) is 0 Å². The van der Waals surface area contributed by atoms with E-state index in [2.05, 4.69) is 10.3 Å². The fourth-order valence-electron chi connectivity index (χ4n) is 1.17. The van der Waals surface area contributed by atoms with Crippen molar-refractivity contribution in [3.63, 3.8) is 0 Å². The highest BCUT2D eigenvalue weighted by molar-refractivity contribution is 5.94. The van der Waals surface area contributed by atoms with Crippen LogP contribution >= 0.6 is 0 Å². The highest BCUT2D eigenvalue weighted by Gasteiger charge is 2.28. The molecule has 1 aromatic heterocycles. The minimum Gasteiger partial charge on any atom is -0.390 e. The quantitative estimate of drug-likeness (QED) is 0.808. The molecule has 0 saturated carbocycles. The van der Waals surface area contributed by atoms with Gasteiger partial charge < -0.3 is 15.3 Å². The van der Waals surface area contributed by atoms with Crippen molar-refractivity contribution < 1.29 is 18.7 Å². The van der Waals surface area contributed by atoms with Gasteiger partial charge >= 0.3 is 0 Å². The predicted molar refractivity (Wildman–Crippen MR) is 62.9 cm³/mol. The van der Waals surface area contributed by atoms with Crippen molar-refractivity contribution >= 4 is 11.7 Å². The summed E-state index contributed by atoms with van der Waals surface area (Å²) in [7, 11) is 3.51. The lowest BCUT2D eigenvalue weighted by Crippen LogP contribution is -2.39. The molecule has 0 aliphatic heterocycles. The highest BCUT2D eigenvalue weighted by atomic mass is 19.3. The number of hydrogen-bond acceptors (Lipinski definition) is 4. The number of nitrogens with zero attached hydrogens (tertiary/aromatic N) is 2. The average molecular weight is 259 g/mol. The SMILES string of the molecule is CN(C)c1cc(C(=O)NCC(F)(F)CO)ccn1. The van der Waals surface area contributed by atoms with Crippen LogP contribution in [-0.4, -0.2) is 49.2 Å². The van der Waals surface area contributed by atoms with E-state index in [1.807, 2.05) is 0 Å². The Hall–Kier alpha value is -1.76. The average Bonchev–Trinajstić information content (AvgIpc) is 2.36. The molecule has 2 N–H and O–H groups in total. The van der Waals surface area contributed by atoms with E-state index >= 15 is 0 Å². The fraction of sp³-hybridized carbons (Fsp3) is 0.455. The number of aliphatic hydroxyl groups excluding tert-OH is 1. The van der Waals surface area contributed by atoms with Crippen LogP contribution in [0.15, 0.2) is 18.3 Å². The molecule has 5 nitrogen and oxygen atoms in total. The molecular weight excluding hydrogens is 244 g/mol. The van der Waals surface area contributed by atoms with E-state index in [4.69, 9.17) is 5.11 Å². The van der Waals surface area contributed by atoms with Crippen molar-refractivity contribution in [2.75, 3.05) is 32.1 Å². The molecule has 1 rings (SSSR count). The molecule has 18 heavy (non-hydrogen) atoms. The normalized spacial score (nSPS) is 11.2. The second kappa shape index (κ2) is 5.72. The number of hydrogen-bond donors (Lipinski definition) is 2. The number of aromatic nitrogens is 1. The zero-order valence-corrected chi connectivity index (χ0v) is 10.2. The molecule has 0 saturated heterocycles. The Kier molecular flexibility index (Phi) is 4.55. The molecule has 1 heterocycles. The van der Waals surface area contributed by atoms with E-state index in [0.717, 1.165) is 0 Å². The van der Waals surface area contributed by atoms with Crippen molar-refractivity contribution in [2.45, 2.75) is 5.92 Å². The zero-order chi connectivity index (χ0) is 13.8. The molecule has 100 valence electrons. The van der Waals surface area contributed by atoms with Crippen molar-refractivity contribution in [3.05, 3.63) is 23.9 Å². The molecule has 0 aliphatic rings. The number of carbonyl (C=O) groups excluding carboxylic acids is 1. The van der Waals surface area contributed by atoms with Gasteiger partial charge in [-0.05, 0) is 12.1 Å². The molecule has 0 bridgehead atoms. The third kappa shape index (κ3) is 3.92. The molecule has 0 unspecified atom stereocenters. The summed E-state index contributed by atoms with van der Waals surface area (Å²) in [4.78, 5) is 17.3. The first kappa shape index (κ1) is 14.3. The van der Waals surface area contributed by atoms with E-state index in [-0.39, 0.29) is 5.56 Å². The maximum Gasteiger partial charge on any atom is 0.287 e. The van der Waals surface area contributed by atoms with E-state index < -0.39 is 25.0 Å². The number of carbonyl (C=O) groups is 1. The maximum atomic E-state index is 12.8. The van der Waals surface area contributed by atoms with Gasteiger partial charge in [-0.2, -0.15) is 0 Å². The van der Waals surface area contributed by atoms with Gasteiger partial charge in [-0.3, -0.25) is 4.79 Å². The Balaban J connectivity index is 2.70. The Labute approximate surface area is 103 Å². The van der Waals surface area contributed by atoms with Crippen LogP contribution < -0.4 is 10.2 Å². The molecule has 1 aromatic rings. The van der Waals surface area contributed by atoms with Crippen LogP contribution in [-0.2, 0) is 0 Å². The second-order valence-corrected chi connectivity index (χ2v) is 3.99. The summed E-state index contributed by atoms with van der Waals surface area (Å²) in [5.74, 6) is -3.39. The van der Waals surface area contributed by atoms with E-state index in [1.165, 1.54) is 18.3 Å². The Morgan fingerprint density at radius 1 is 1.56 bits per heavy atom. The fourth-order valence-corrected chi connectivity index (χ4v) is 1.17. The summed E-state index contributed by atoms with van der Waals surface area (Å²) in [6, 6.07) is 2.92. The van der Waals surface area contributed by atoms with Gasteiger partial charge in [0.1, 0.15) is 12.4 Å². The van der Waals surface area contributed by atoms with Crippen LogP contribution in [0.2, 0.25) is 0 Å². The predicted octanol–water partition coefficient (Wildman–Crippen LogP) is 0.505. The van der Waals surface area contributed by atoms with Gasteiger partial charge in [-0.15, -0.1) is 0 Å². The van der Waals surface area contributed by atoms with Crippen LogP contribution in [0, 0.1) is 0 Å². The smallest absolute Gasteiger partial charge is 0.287 e. The maximum absolute atomic E-state index is 12.8. The van der Waals surface area contributed by atoms with Gasteiger partial charge in [0, 0.05) is 25.9 Å². The summed E-state index contributed by atoms with van der Waals surface area (Å²) < 4.78 is 25.5. The summed E-state index contributed by atoms with van der Waals surface area (Å²) in [6.45, 7) is -2.20. The van der Waals surface area contributed by atoms with Gasteiger partial charge in [-0.1, -0.05) is 0 Å². The lowest BCUT2D eigenvalue weighted by molar-refractivity contribution is -0.0462. The minimum absolute atomic E-state index is 0.238. The number of anilines is 1. The second-order valence-electron chi connectivity index (χ2n) is 3.99. The Bertz CT molecular complexity index is 425. The first-order chi connectivity index (χ1) is 8.35. The van der Waals surface area contributed by atoms with Gasteiger partial charge in [0.05, 0.1) is 6.54 Å². The summed E-state index contributed by atoms with van der Waals surface area (Å²) in [5.41, 5.74) is 0.238. The number of nitrogens with one attached hydrogen (secondary N) is 1. The van der Waals surface area contributed by atoms with Gasteiger partial charge in [0.2, 0.25) is 0 Å². The topological polar surface area (TPSA) is 65.5 Å². The Morgan fingerprint density at radius 2 is 2.22 bits per heavy atom. The summed E-state index contributed by atoms with van der Waals surface area (Å²) in [5, 5.41) is 10.4. The monoisotopic (exact) mass is 259 g/mol.